The summed E-state index contributed by atoms with van der Waals surface area (Å²) in [7, 11) is 1.95. The lowest BCUT2D eigenvalue weighted by molar-refractivity contribution is 0.924. The van der Waals surface area contributed by atoms with Gasteiger partial charge in [0.25, 0.3) is 0 Å². The molecule has 0 N–H and O–H groups in total. The maximum absolute atomic E-state index is 8.81. The number of imidazole rings is 1. The van der Waals surface area contributed by atoms with E-state index in [4.69, 9.17) is 5.26 Å². The van der Waals surface area contributed by atoms with E-state index in [2.05, 4.69) is 11.1 Å². The Labute approximate surface area is 88.6 Å². The van der Waals surface area contributed by atoms with Gasteiger partial charge in [0.05, 0.1) is 17.3 Å². The lowest BCUT2D eigenvalue weighted by Gasteiger charge is -2.01. The van der Waals surface area contributed by atoms with Crippen molar-refractivity contribution in [3.05, 3.63) is 41.7 Å². The molecule has 0 aliphatic heterocycles. The summed E-state index contributed by atoms with van der Waals surface area (Å²) < 4.78 is 1.96. The molecule has 3 heteroatoms. The molecule has 0 atom stereocenters. The average Bonchev–Trinajstić information content (AvgIpc) is 2.58. The van der Waals surface area contributed by atoms with E-state index in [0.29, 0.717) is 5.56 Å². The highest BCUT2D eigenvalue weighted by Gasteiger charge is 2.05. The van der Waals surface area contributed by atoms with Crippen LogP contribution >= 0.6 is 0 Å². The van der Waals surface area contributed by atoms with Gasteiger partial charge in [-0.15, -0.1) is 0 Å². The van der Waals surface area contributed by atoms with Crippen LogP contribution in [0.3, 0.4) is 0 Å². The van der Waals surface area contributed by atoms with Crippen molar-refractivity contribution in [1.82, 2.24) is 9.55 Å². The number of rotatable bonds is 1. The van der Waals surface area contributed by atoms with Crippen molar-refractivity contribution in [3.63, 3.8) is 0 Å². The largest absolute Gasteiger partial charge is 0.334 e. The first-order valence-corrected chi connectivity index (χ1v) is 4.71. The normalized spacial score (nSPS) is 9.93. The van der Waals surface area contributed by atoms with Crippen molar-refractivity contribution in [2.45, 2.75) is 6.92 Å². The minimum absolute atomic E-state index is 0.660. The summed E-state index contributed by atoms with van der Waals surface area (Å²) in [4.78, 5) is 4.41. The van der Waals surface area contributed by atoms with Crippen LogP contribution in [0.25, 0.3) is 11.4 Å². The summed E-state index contributed by atoms with van der Waals surface area (Å²) in [5, 5.41) is 8.81. The van der Waals surface area contributed by atoms with Crippen LogP contribution in [0.4, 0.5) is 0 Å². The van der Waals surface area contributed by atoms with Gasteiger partial charge >= 0.3 is 0 Å². The number of benzene rings is 1. The molecule has 0 spiro atoms. The molecule has 0 aliphatic rings. The van der Waals surface area contributed by atoms with Crippen molar-refractivity contribution in [1.29, 1.82) is 5.26 Å². The molecule has 0 amide bonds. The SMILES string of the molecule is Cc1cn(C)c(-c2cccc(C#N)c2)n1. The molecule has 0 bridgehead atoms. The standard InChI is InChI=1S/C12H11N3/c1-9-8-15(2)12(14-9)11-5-3-4-10(6-11)7-13/h3-6,8H,1-2H3. The third kappa shape index (κ3) is 1.75. The molecule has 1 aromatic heterocycles. The fraction of sp³-hybridized carbons (Fsp3) is 0.167. The second-order valence-electron chi connectivity index (χ2n) is 3.51. The van der Waals surface area contributed by atoms with Gasteiger partial charge in [0.1, 0.15) is 5.82 Å². The summed E-state index contributed by atoms with van der Waals surface area (Å²) in [6.45, 7) is 1.96. The quantitative estimate of drug-likeness (QED) is 0.703. The van der Waals surface area contributed by atoms with Gasteiger partial charge in [-0.05, 0) is 19.1 Å². The van der Waals surface area contributed by atoms with E-state index in [1.807, 2.05) is 42.9 Å². The Morgan fingerprint density at radius 1 is 1.40 bits per heavy atom. The van der Waals surface area contributed by atoms with E-state index in [0.717, 1.165) is 17.1 Å². The first-order chi connectivity index (χ1) is 7.20. The third-order valence-corrected chi connectivity index (χ3v) is 2.25. The summed E-state index contributed by atoms with van der Waals surface area (Å²) in [6, 6.07) is 9.60. The number of nitrogens with zero attached hydrogens (tertiary/aromatic N) is 3. The van der Waals surface area contributed by atoms with Gasteiger partial charge in [-0.1, -0.05) is 12.1 Å². The number of hydrogen-bond donors (Lipinski definition) is 0. The summed E-state index contributed by atoms with van der Waals surface area (Å²) in [5.74, 6) is 0.893. The summed E-state index contributed by atoms with van der Waals surface area (Å²) in [5.41, 5.74) is 2.62. The monoisotopic (exact) mass is 197 g/mol. The fourth-order valence-electron chi connectivity index (χ4n) is 1.61. The highest BCUT2D eigenvalue weighted by atomic mass is 15.0. The fourth-order valence-corrected chi connectivity index (χ4v) is 1.61. The maximum atomic E-state index is 8.81. The van der Waals surface area contributed by atoms with Crippen LogP contribution in [0.5, 0.6) is 0 Å². The molecule has 15 heavy (non-hydrogen) atoms. The van der Waals surface area contributed by atoms with E-state index >= 15 is 0 Å². The Balaban J connectivity index is 2.55. The molecule has 3 nitrogen and oxygen atoms in total. The van der Waals surface area contributed by atoms with Gasteiger partial charge in [0.2, 0.25) is 0 Å². The van der Waals surface area contributed by atoms with Crippen LogP contribution < -0.4 is 0 Å². The van der Waals surface area contributed by atoms with Gasteiger partial charge in [0, 0.05) is 18.8 Å². The lowest BCUT2D eigenvalue weighted by atomic mass is 10.1. The first kappa shape index (κ1) is 9.47. The smallest absolute Gasteiger partial charge is 0.139 e. The van der Waals surface area contributed by atoms with Crippen molar-refractivity contribution < 1.29 is 0 Å². The molecular formula is C12H11N3. The summed E-state index contributed by atoms with van der Waals surface area (Å²) >= 11 is 0. The average molecular weight is 197 g/mol. The zero-order valence-electron chi connectivity index (χ0n) is 8.73. The Morgan fingerprint density at radius 3 is 2.80 bits per heavy atom. The summed E-state index contributed by atoms with van der Waals surface area (Å²) in [6.07, 6.45) is 1.97. The molecule has 0 unspecified atom stereocenters. The number of hydrogen-bond acceptors (Lipinski definition) is 2. The predicted octanol–water partition coefficient (Wildman–Crippen LogP) is 2.27. The molecule has 0 aliphatic carbocycles. The number of aryl methyl sites for hydroxylation is 2. The molecule has 0 radical (unpaired) electrons. The molecule has 0 fully saturated rings. The van der Waals surface area contributed by atoms with Crippen molar-refractivity contribution in [2.75, 3.05) is 0 Å². The Morgan fingerprint density at radius 2 is 2.20 bits per heavy atom. The third-order valence-electron chi connectivity index (χ3n) is 2.25. The second-order valence-corrected chi connectivity index (χ2v) is 3.51. The zero-order valence-corrected chi connectivity index (χ0v) is 8.73. The van der Waals surface area contributed by atoms with E-state index in [9.17, 15) is 0 Å². The van der Waals surface area contributed by atoms with Crippen molar-refractivity contribution in [3.8, 4) is 17.5 Å². The molecule has 2 aromatic rings. The second kappa shape index (κ2) is 3.58. The molecule has 1 aromatic carbocycles. The van der Waals surface area contributed by atoms with Gasteiger partial charge in [-0.25, -0.2) is 4.98 Å². The van der Waals surface area contributed by atoms with Crippen LogP contribution in [-0.4, -0.2) is 9.55 Å². The zero-order chi connectivity index (χ0) is 10.8. The molecule has 0 saturated carbocycles. The minimum Gasteiger partial charge on any atom is -0.334 e. The number of nitriles is 1. The van der Waals surface area contributed by atoms with Crippen LogP contribution in [-0.2, 0) is 7.05 Å². The Hall–Kier alpha value is -2.08. The van der Waals surface area contributed by atoms with Crippen LogP contribution in [0, 0.1) is 18.3 Å². The van der Waals surface area contributed by atoms with Crippen molar-refractivity contribution >= 4 is 0 Å². The van der Waals surface area contributed by atoms with Gasteiger partial charge < -0.3 is 4.57 Å². The Kier molecular flexibility index (Phi) is 2.26. The molecule has 2 rings (SSSR count). The van der Waals surface area contributed by atoms with E-state index in [-0.39, 0.29) is 0 Å². The molecule has 0 saturated heterocycles. The van der Waals surface area contributed by atoms with E-state index in [1.54, 1.807) is 6.07 Å². The molecule has 74 valence electrons. The first-order valence-electron chi connectivity index (χ1n) is 4.71. The predicted molar refractivity (Wildman–Crippen MR) is 58.1 cm³/mol. The molecule has 1 heterocycles. The van der Waals surface area contributed by atoms with Gasteiger partial charge in [-0.2, -0.15) is 5.26 Å². The highest BCUT2D eigenvalue weighted by molar-refractivity contribution is 5.58. The Bertz CT molecular complexity index is 532. The topological polar surface area (TPSA) is 41.6 Å². The molecular weight excluding hydrogens is 186 g/mol. The van der Waals surface area contributed by atoms with E-state index < -0.39 is 0 Å². The highest BCUT2D eigenvalue weighted by Crippen LogP contribution is 2.18. The lowest BCUT2D eigenvalue weighted by Crippen LogP contribution is -1.91. The van der Waals surface area contributed by atoms with Crippen LogP contribution in [0.15, 0.2) is 30.5 Å². The van der Waals surface area contributed by atoms with Gasteiger partial charge in [0.15, 0.2) is 0 Å². The van der Waals surface area contributed by atoms with Crippen LogP contribution in [0.1, 0.15) is 11.3 Å². The van der Waals surface area contributed by atoms with E-state index in [1.165, 1.54) is 0 Å². The van der Waals surface area contributed by atoms with Gasteiger partial charge in [-0.3, -0.25) is 0 Å². The van der Waals surface area contributed by atoms with Crippen LogP contribution in [0.2, 0.25) is 0 Å². The van der Waals surface area contributed by atoms with Crippen molar-refractivity contribution in [2.24, 2.45) is 7.05 Å². The number of aromatic nitrogens is 2. The minimum atomic E-state index is 0.660. The maximum Gasteiger partial charge on any atom is 0.139 e.